The lowest BCUT2D eigenvalue weighted by Crippen LogP contribution is -2.48. The first-order valence-corrected chi connectivity index (χ1v) is 54.2. The van der Waals surface area contributed by atoms with E-state index >= 15 is 0 Å². The molecule has 5 aliphatic rings. The van der Waals surface area contributed by atoms with Gasteiger partial charge in [-0.1, -0.05) is 169 Å². The van der Waals surface area contributed by atoms with Gasteiger partial charge in [0, 0.05) is 83.9 Å². The first-order chi connectivity index (χ1) is 67.4. The van der Waals surface area contributed by atoms with Crippen molar-refractivity contribution in [1.82, 2.24) is 31.5 Å². The minimum absolute atomic E-state index is 0.0109. The van der Waals surface area contributed by atoms with E-state index in [-0.39, 0.29) is 100 Å². The van der Waals surface area contributed by atoms with Gasteiger partial charge in [-0.25, -0.2) is 4.39 Å². The van der Waals surface area contributed by atoms with Gasteiger partial charge in [-0.15, -0.1) is 91.5 Å². The van der Waals surface area contributed by atoms with Gasteiger partial charge in [0.2, 0.25) is 53.2 Å². The number of anilines is 4. The Kier molecular flexibility index (Phi) is 45.9. The number of methoxy groups -OCH3 is 2. The van der Waals surface area contributed by atoms with Crippen LogP contribution in [0.3, 0.4) is 0 Å². The highest BCUT2D eigenvalue weighted by molar-refractivity contribution is 9.09. The van der Waals surface area contributed by atoms with Crippen molar-refractivity contribution in [1.29, 1.82) is 0 Å². The highest BCUT2D eigenvalue weighted by Gasteiger charge is 2.43. The first-order valence-electron chi connectivity index (χ1n) is 47.1. The maximum atomic E-state index is 13.4. The summed E-state index contributed by atoms with van der Waals surface area (Å²) >= 11 is 27.7. The molecule has 22 nitrogen and oxygen atoms in total. The van der Waals surface area contributed by atoms with Crippen LogP contribution < -0.4 is 55.7 Å². The summed E-state index contributed by atoms with van der Waals surface area (Å²) in [6, 6.07) is 37.0. The van der Waals surface area contributed by atoms with E-state index in [2.05, 4.69) is 42.5 Å². The Hall–Kier alpha value is -9.46. The number of rotatable bonds is 33. The Morgan fingerprint density at radius 1 is 0.350 bits per heavy atom. The smallest absolute Gasteiger partial charge is 0.416 e. The number of nitrogens with one attached hydrogen (secondary N) is 5. The maximum absolute atomic E-state index is 13.4. The minimum atomic E-state index is -4.64. The molecule has 9 aromatic rings. The predicted molar refractivity (Wildman–Crippen MR) is 548 cm³/mol. The van der Waals surface area contributed by atoms with Gasteiger partial charge in [-0.2, -0.15) is 26.3 Å². The number of benzene rings is 4. The van der Waals surface area contributed by atoms with Crippen LogP contribution >= 0.6 is 107 Å². The van der Waals surface area contributed by atoms with Crippen LogP contribution in [-0.4, -0.2) is 145 Å². The summed E-state index contributed by atoms with van der Waals surface area (Å²) in [5, 5.41) is 24.8. The molecule has 5 saturated carbocycles. The summed E-state index contributed by atoms with van der Waals surface area (Å²) in [4.78, 5) is 140. The summed E-state index contributed by atoms with van der Waals surface area (Å²) in [5.41, 5.74) is -0.789. The van der Waals surface area contributed by atoms with E-state index in [1.54, 1.807) is 95.4 Å². The molecule has 0 spiro atoms. The van der Waals surface area contributed by atoms with Gasteiger partial charge in [-0.3, -0.25) is 67.5 Å². The molecule has 758 valence electrons. The summed E-state index contributed by atoms with van der Waals surface area (Å²) in [6.07, 6.45) is 16.7. The van der Waals surface area contributed by atoms with E-state index in [1.807, 2.05) is 78.5 Å². The second-order valence-corrected chi connectivity index (χ2v) is 41.2. The molecule has 5 fully saturated rings. The fourth-order valence-electron chi connectivity index (χ4n) is 17.8. The Balaban J connectivity index is 0.000000181. The summed E-state index contributed by atoms with van der Waals surface area (Å²) in [6.45, 7) is 3.17. The molecular formula is C102H121BrCl3F7N10O12S5. The Labute approximate surface area is 857 Å². The zero-order valence-corrected chi connectivity index (χ0v) is 86.4. The van der Waals surface area contributed by atoms with Gasteiger partial charge >= 0.3 is 12.4 Å². The third-order valence-corrected chi connectivity index (χ3v) is 30.3. The maximum Gasteiger partial charge on any atom is 0.416 e. The molecule has 38 heteroatoms. The quantitative estimate of drug-likeness (QED) is 0.0190. The van der Waals surface area contributed by atoms with E-state index in [0.29, 0.717) is 39.2 Å². The number of thiophene rings is 5. The molecule has 4 aromatic carbocycles. The van der Waals surface area contributed by atoms with Crippen molar-refractivity contribution in [3.63, 3.8) is 0 Å². The predicted octanol–water partition coefficient (Wildman–Crippen LogP) is 23.9. The summed E-state index contributed by atoms with van der Waals surface area (Å²) in [5.74, 6) is -2.83. The number of alkyl halides is 11. The normalized spacial score (nSPS) is 16.1. The van der Waals surface area contributed by atoms with E-state index in [1.165, 1.54) is 99.0 Å². The summed E-state index contributed by atoms with van der Waals surface area (Å²) < 4.78 is 103. The topological polar surface area (TPSA) is 266 Å². The van der Waals surface area contributed by atoms with Crippen molar-refractivity contribution < 1.29 is 88.2 Å². The third-order valence-electron chi connectivity index (χ3n) is 24.5. The molecule has 0 bridgehead atoms. The fraction of sp³-hybridized carbons (Fsp3) is 0.471. The number of hydrogen-bond acceptors (Lipinski definition) is 17. The van der Waals surface area contributed by atoms with Crippen molar-refractivity contribution in [2.24, 2.45) is 5.92 Å². The molecule has 5 aromatic heterocycles. The lowest BCUT2D eigenvalue weighted by Gasteiger charge is -2.33. The number of nitrogens with zero attached hydrogens (tertiary/aromatic N) is 5. The number of carbonyl (C=O) groups is 10. The first kappa shape index (κ1) is 113. The highest BCUT2D eigenvalue weighted by atomic mass is 79.9. The molecule has 5 N–H and O–H groups in total. The zero-order valence-electron chi connectivity index (χ0n) is 78.5. The molecule has 140 heavy (non-hydrogen) atoms. The Bertz CT molecular complexity index is 5040. The fourth-order valence-corrected chi connectivity index (χ4v) is 22.5. The zero-order chi connectivity index (χ0) is 101. The van der Waals surface area contributed by atoms with Crippen LogP contribution in [0.2, 0.25) is 0 Å². The van der Waals surface area contributed by atoms with Crippen molar-refractivity contribution in [2.45, 2.75) is 247 Å². The van der Waals surface area contributed by atoms with E-state index in [0.717, 1.165) is 196 Å². The monoisotopic (exact) mass is 2150 g/mol. The summed E-state index contributed by atoms with van der Waals surface area (Å²) in [7, 11) is 3.19. The van der Waals surface area contributed by atoms with Crippen molar-refractivity contribution in [2.75, 3.05) is 70.0 Å². The number of hydrogen-bond donors (Lipinski definition) is 5. The van der Waals surface area contributed by atoms with Crippen LogP contribution in [-0.2, 0) is 60.3 Å². The van der Waals surface area contributed by atoms with E-state index in [4.69, 9.17) is 44.3 Å². The van der Waals surface area contributed by atoms with Crippen LogP contribution in [0, 0.1) is 5.92 Å². The number of amides is 10. The van der Waals surface area contributed by atoms with Gasteiger partial charge < -0.3 is 41.0 Å². The van der Waals surface area contributed by atoms with Gasteiger partial charge in [-0.05, 0) is 212 Å². The van der Waals surface area contributed by atoms with Crippen LogP contribution in [0.25, 0.3) is 0 Å². The minimum Gasteiger partial charge on any atom is -0.497 e. The molecule has 0 saturated heterocycles. The van der Waals surface area contributed by atoms with Crippen molar-refractivity contribution in [3.05, 3.63) is 220 Å². The third kappa shape index (κ3) is 33.0. The highest BCUT2D eigenvalue weighted by Crippen LogP contribution is 2.42. The number of halogens is 11. The standard InChI is InChI=1S/C21H25BrN2O3S.C21H22ClF3N2O2S.C21H25ClN2O3S.C21H22F4N2O2S.C18H27ClN2O2S/c1-27-17-11-9-16(10-12-17)24(19(25)14-22)20(18-8-5-13-28-18)21(26)23-15-6-3-2-4-7-15;22-13-18(28)27(16-9-4-6-14(12-16)21(23,24)25)19(17-10-5-11-30-17)20(29)26-15-7-2-1-3-8-15;1-27-17-11-9-16(10-12-17)24(19(25)14-22)20(18-8-5-13-28-18)21(26)23-15-6-3-2-4-7-15;22-13-18(28)27(16-9-4-6-14(12-16)21(23,24)25)19(17-10-5-11-30-17)20(29)26-15-7-2-1-3-8-15;1-13(2)12-21(16(22)11-19)17(15-9-6-10-24-15)18(23)20-14-7-4-3-5-8-14/h5,8-13,15,20H,2-4,6-7,14H2,1H3,(H,23,26);4-6,9-12,15,19H,1-3,7-8,13H2,(H,26,29);5,8-13,15,20H,2-4,6-7,14H2,1H3,(H,23,26);4-6,9-12,15,19H,1-3,7-8,13H2,(H,26,29);6,9-10,13-14,17H,3-5,7-8,11-12H2,1-2H3,(H,20,23). The number of carbonyl (C=O) groups excluding carboxylic acids is 10. The molecule has 5 atom stereocenters. The second kappa shape index (κ2) is 57.1. The molecule has 0 aliphatic heterocycles. The lowest BCUT2D eigenvalue weighted by molar-refractivity contribution is -0.140. The Morgan fingerprint density at radius 3 is 0.843 bits per heavy atom. The van der Waals surface area contributed by atoms with Crippen molar-refractivity contribution >= 4 is 189 Å². The van der Waals surface area contributed by atoms with Gasteiger partial charge in [0.05, 0.1) is 30.7 Å². The number of ether oxygens (including phenoxy) is 2. The molecule has 5 heterocycles. The van der Waals surface area contributed by atoms with E-state index in [9.17, 15) is 78.7 Å². The van der Waals surface area contributed by atoms with Gasteiger partial charge in [0.15, 0.2) is 6.67 Å². The molecule has 5 unspecified atom stereocenters. The van der Waals surface area contributed by atoms with Crippen LogP contribution in [0.15, 0.2) is 185 Å². The van der Waals surface area contributed by atoms with Gasteiger partial charge in [0.25, 0.3) is 5.91 Å². The average Bonchev–Trinajstić information content (AvgIpc) is 1.29. The largest absolute Gasteiger partial charge is 0.497 e. The van der Waals surface area contributed by atoms with E-state index < -0.39 is 89.9 Å². The lowest BCUT2D eigenvalue weighted by atomic mass is 9.95. The van der Waals surface area contributed by atoms with Crippen molar-refractivity contribution in [3.8, 4) is 11.5 Å². The molecular weight excluding hydrogens is 2040 g/mol. The second-order valence-electron chi connectivity index (χ2n) is 35.0. The average molecular weight is 2160 g/mol. The van der Waals surface area contributed by atoms with Crippen LogP contribution in [0.5, 0.6) is 11.5 Å². The SMILES string of the molecule is CC(C)CN(C(=O)CCl)C(C(=O)NC1CCCCC1)c1cccs1.COc1ccc(N(C(=O)CBr)C(C(=O)NC2CCCCC2)c2cccs2)cc1.COc1ccc(N(C(=O)CCl)C(C(=O)NC2CCCCC2)c2cccs2)cc1.O=C(NC1CCCCC1)C(c1cccs1)N(C(=O)CCl)c1cccc(C(F)(F)F)c1.O=C(NC1CCCCC1)C(c1cccs1)N(C(=O)CF)c1cccc(C(F)(F)F)c1. The molecule has 10 amide bonds. The Morgan fingerprint density at radius 2 is 0.607 bits per heavy atom. The molecule has 0 radical (unpaired) electrons. The van der Waals surface area contributed by atoms with Crippen LogP contribution in [0.4, 0.5) is 53.5 Å². The molecule has 14 rings (SSSR count). The van der Waals surface area contributed by atoms with Gasteiger partial charge in [0.1, 0.15) is 59.3 Å². The van der Waals surface area contributed by atoms with Crippen LogP contribution in [0.1, 0.15) is 240 Å². The molecule has 5 aliphatic carbocycles.